The summed E-state index contributed by atoms with van der Waals surface area (Å²) in [5.41, 5.74) is 5.27. The van der Waals surface area contributed by atoms with E-state index in [1.165, 1.54) is 6.33 Å². The van der Waals surface area contributed by atoms with E-state index in [1.807, 2.05) is 0 Å². The van der Waals surface area contributed by atoms with Crippen LogP contribution in [0.5, 0.6) is 0 Å². The van der Waals surface area contributed by atoms with Crippen LogP contribution in [0, 0.1) is 0 Å². The predicted octanol–water partition coefficient (Wildman–Crippen LogP) is -0.566. The number of rotatable bonds is 4. The van der Waals surface area contributed by atoms with Crippen LogP contribution in [0.1, 0.15) is 0 Å². The number of aromatic nitrogens is 3. The van der Waals surface area contributed by atoms with Crippen LogP contribution in [0.2, 0.25) is 0 Å². The van der Waals surface area contributed by atoms with Gasteiger partial charge in [-0.15, -0.1) is 0 Å². The van der Waals surface area contributed by atoms with Gasteiger partial charge in [0.2, 0.25) is 5.95 Å². The fraction of sp³-hybridized carbons (Fsp3) is 0.400. The average molecular weight is 236 g/mol. The van der Waals surface area contributed by atoms with Gasteiger partial charge >= 0.3 is 0 Å². The van der Waals surface area contributed by atoms with Crippen molar-refractivity contribution in [3.8, 4) is 0 Å². The lowest BCUT2D eigenvalue weighted by atomic mass is 11.0. The van der Waals surface area contributed by atoms with E-state index in [2.05, 4.69) is 15.0 Å². The van der Waals surface area contributed by atoms with E-state index < -0.39 is 10.1 Å². The number of hydrogen-bond acceptors (Lipinski definition) is 7. The molecule has 0 bridgehead atoms. The first-order chi connectivity index (χ1) is 6.47. The van der Waals surface area contributed by atoms with Crippen molar-refractivity contribution in [1.82, 2.24) is 15.0 Å². The molecule has 0 aliphatic rings. The minimum Gasteiger partial charge on any atom is -0.368 e. The van der Waals surface area contributed by atoms with Crippen LogP contribution in [0.15, 0.2) is 11.5 Å². The molecular weight excluding hydrogens is 228 g/mol. The first-order valence-corrected chi connectivity index (χ1v) is 6.09. The fourth-order valence-corrected chi connectivity index (χ4v) is 2.24. The van der Waals surface area contributed by atoms with Crippen LogP contribution in [-0.2, 0) is 10.1 Å². The summed E-state index contributed by atoms with van der Waals surface area (Å²) in [6, 6.07) is 0. The van der Waals surface area contributed by atoms with E-state index in [-0.39, 0.29) is 17.5 Å². The molecule has 0 aliphatic heterocycles. The molecule has 0 saturated heterocycles. The van der Waals surface area contributed by atoms with Gasteiger partial charge in [0, 0.05) is 5.75 Å². The van der Waals surface area contributed by atoms with Crippen LogP contribution in [0.4, 0.5) is 5.95 Å². The van der Waals surface area contributed by atoms with Crippen molar-refractivity contribution in [1.29, 1.82) is 0 Å². The predicted molar refractivity (Wildman–Crippen MR) is 51.4 cm³/mol. The molecule has 0 unspecified atom stereocenters. The van der Waals surface area contributed by atoms with Crippen LogP contribution in [-0.4, -0.2) is 39.4 Å². The van der Waals surface area contributed by atoms with E-state index in [0.717, 1.165) is 11.8 Å². The van der Waals surface area contributed by atoms with Crippen molar-refractivity contribution in [2.75, 3.05) is 17.2 Å². The zero-order valence-corrected chi connectivity index (χ0v) is 8.62. The number of anilines is 1. The maximum atomic E-state index is 10.4. The second-order valence-electron chi connectivity index (χ2n) is 2.26. The largest absolute Gasteiger partial charge is 0.368 e. The lowest BCUT2D eigenvalue weighted by Gasteiger charge is -1.98. The highest BCUT2D eigenvalue weighted by atomic mass is 32.2. The second kappa shape index (κ2) is 4.53. The Kier molecular flexibility index (Phi) is 3.61. The average Bonchev–Trinajstić information content (AvgIpc) is 2.01. The second-order valence-corrected chi connectivity index (χ2v) is 4.89. The van der Waals surface area contributed by atoms with Crippen molar-refractivity contribution in [3.05, 3.63) is 6.33 Å². The highest BCUT2D eigenvalue weighted by molar-refractivity contribution is 8.00. The Morgan fingerprint density at radius 3 is 2.79 bits per heavy atom. The van der Waals surface area contributed by atoms with Gasteiger partial charge in [-0.25, -0.2) is 9.97 Å². The zero-order chi connectivity index (χ0) is 10.6. The minimum atomic E-state index is -3.93. The molecule has 1 heterocycles. The van der Waals surface area contributed by atoms with Gasteiger partial charge in [0.15, 0.2) is 5.16 Å². The molecule has 7 nitrogen and oxygen atoms in total. The molecule has 1 rings (SSSR count). The third-order valence-electron chi connectivity index (χ3n) is 1.14. The summed E-state index contributed by atoms with van der Waals surface area (Å²) in [6.07, 6.45) is 1.23. The summed E-state index contributed by atoms with van der Waals surface area (Å²) in [5, 5.41) is 0.334. The van der Waals surface area contributed by atoms with E-state index in [9.17, 15) is 8.42 Å². The first kappa shape index (κ1) is 11.1. The molecule has 3 N–H and O–H groups in total. The Hall–Kier alpha value is -0.930. The fourth-order valence-electron chi connectivity index (χ4n) is 0.601. The number of nitrogens with zero attached hydrogens (tertiary/aromatic N) is 3. The maximum absolute atomic E-state index is 10.4. The lowest BCUT2D eigenvalue weighted by molar-refractivity contribution is 0.485. The van der Waals surface area contributed by atoms with Crippen LogP contribution in [0.25, 0.3) is 0 Å². The van der Waals surface area contributed by atoms with E-state index in [1.54, 1.807) is 0 Å². The van der Waals surface area contributed by atoms with Gasteiger partial charge in [-0.05, 0) is 0 Å². The van der Waals surface area contributed by atoms with Crippen molar-refractivity contribution in [2.45, 2.75) is 5.16 Å². The molecular formula is C5H8N4O3S2. The summed E-state index contributed by atoms with van der Waals surface area (Å²) in [4.78, 5) is 11.0. The maximum Gasteiger partial charge on any atom is 0.265 e. The first-order valence-electron chi connectivity index (χ1n) is 3.50. The highest BCUT2D eigenvalue weighted by Crippen LogP contribution is 2.11. The van der Waals surface area contributed by atoms with Crippen LogP contribution in [0.3, 0.4) is 0 Å². The molecule has 0 radical (unpaired) electrons. The monoisotopic (exact) mass is 236 g/mol. The minimum absolute atomic E-state index is 0.0781. The van der Waals surface area contributed by atoms with E-state index >= 15 is 0 Å². The van der Waals surface area contributed by atoms with Gasteiger partial charge in [0.25, 0.3) is 10.1 Å². The summed E-state index contributed by atoms with van der Waals surface area (Å²) >= 11 is 1.08. The van der Waals surface area contributed by atoms with Crippen molar-refractivity contribution in [2.24, 2.45) is 0 Å². The van der Waals surface area contributed by atoms with E-state index in [4.69, 9.17) is 10.3 Å². The van der Waals surface area contributed by atoms with Gasteiger partial charge < -0.3 is 5.73 Å². The molecule has 14 heavy (non-hydrogen) atoms. The topological polar surface area (TPSA) is 119 Å². The lowest BCUT2D eigenvalue weighted by Crippen LogP contribution is -2.06. The van der Waals surface area contributed by atoms with Crippen LogP contribution < -0.4 is 5.73 Å². The van der Waals surface area contributed by atoms with Gasteiger partial charge in [-0.2, -0.15) is 13.4 Å². The zero-order valence-electron chi connectivity index (χ0n) is 6.99. The highest BCUT2D eigenvalue weighted by Gasteiger charge is 2.05. The van der Waals surface area contributed by atoms with Crippen molar-refractivity contribution < 1.29 is 13.0 Å². The standard InChI is InChI=1S/C5H8N4O3S2/c6-4-7-3-8-5(9-4)13-1-2-14(10,11)12/h3H,1-2H2,(H,10,11,12)(H2,6,7,8,9). The van der Waals surface area contributed by atoms with Gasteiger partial charge in [0.05, 0.1) is 5.75 Å². The van der Waals surface area contributed by atoms with E-state index in [0.29, 0.717) is 5.16 Å². The molecule has 78 valence electrons. The molecule has 0 atom stereocenters. The molecule has 0 spiro atoms. The molecule has 0 amide bonds. The Morgan fingerprint density at radius 1 is 1.50 bits per heavy atom. The smallest absolute Gasteiger partial charge is 0.265 e. The third kappa shape index (κ3) is 4.35. The Balaban J connectivity index is 2.47. The van der Waals surface area contributed by atoms with Crippen molar-refractivity contribution in [3.63, 3.8) is 0 Å². The molecule has 9 heteroatoms. The van der Waals surface area contributed by atoms with Gasteiger partial charge in [-0.1, -0.05) is 11.8 Å². The molecule has 0 aliphatic carbocycles. The Morgan fingerprint density at radius 2 is 2.21 bits per heavy atom. The van der Waals surface area contributed by atoms with Crippen LogP contribution >= 0.6 is 11.8 Å². The summed E-state index contributed by atoms with van der Waals surface area (Å²) in [7, 11) is -3.93. The number of nitrogen functional groups attached to an aromatic ring is 1. The quantitative estimate of drug-likeness (QED) is 0.527. The Labute approximate surface area is 84.9 Å². The molecule has 1 aromatic rings. The third-order valence-corrected chi connectivity index (χ3v) is 2.98. The van der Waals surface area contributed by atoms with Gasteiger partial charge in [0.1, 0.15) is 6.33 Å². The molecule has 1 aromatic heterocycles. The summed E-state index contributed by atoms with van der Waals surface area (Å²) in [5.74, 6) is -0.0970. The number of hydrogen-bond donors (Lipinski definition) is 2. The molecule has 0 aromatic carbocycles. The Bertz CT molecular complexity index is 407. The van der Waals surface area contributed by atoms with Crippen molar-refractivity contribution >= 4 is 27.8 Å². The van der Waals surface area contributed by atoms with Gasteiger partial charge in [-0.3, -0.25) is 4.55 Å². The number of nitrogens with two attached hydrogens (primary N) is 1. The molecule has 0 saturated carbocycles. The summed E-state index contributed by atoms with van der Waals surface area (Å²) in [6.45, 7) is 0. The molecule has 0 fully saturated rings. The number of thioether (sulfide) groups is 1. The summed E-state index contributed by atoms with van der Waals surface area (Å²) < 4.78 is 29.1. The SMILES string of the molecule is Nc1ncnc(SCCS(=O)(=O)O)n1. The normalized spacial score (nSPS) is 11.5.